The van der Waals surface area contributed by atoms with Crippen LogP contribution in [0.3, 0.4) is 0 Å². The van der Waals surface area contributed by atoms with Crippen LogP contribution in [0.4, 0.5) is 0 Å². The molecule has 0 rings (SSSR count). The fourth-order valence-electron chi connectivity index (χ4n) is 11.0. The smallest absolute Gasteiger partial charge is 0.306 e. The van der Waals surface area contributed by atoms with E-state index in [1.165, 1.54) is 283 Å². The van der Waals surface area contributed by atoms with E-state index in [4.69, 9.17) is 14.2 Å². The number of ether oxygens (including phenoxy) is 3. The van der Waals surface area contributed by atoms with Crippen molar-refractivity contribution in [1.29, 1.82) is 0 Å². The Balaban J connectivity index is 4.27. The molecule has 470 valence electrons. The van der Waals surface area contributed by atoms with Crippen LogP contribution in [0.5, 0.6) is 0 Å². The molecule has 0 bridgehead atoms. The van der Waals surface area contributed by atoms with Crippen LogP contribution in [0.2, 0.25) is 0 Å². The molecule has 0 aromatic carbocycles. The van der Waals surface area contributed by atoms with E-state index >= 15 is 0 Å². The molecule has 80 heavy (non-hydrogen) atoms. The molecular weight excluding hydrogens is 985 g/mol. The molecule has 1 unspecified atom stereocenters. The van der Waals surface area contributed by atoms with Crippen molar-refractivity contribution in [3.05, 3.63) is 36.5 Å². The number of carbonyl (C=O) groups is 3. The van der Waals surface area contributed by atoms with Crippen LogP contribution in [0.15, 0.2) is 36.5 Å². The summed E-state index contributed by atoms with van der Waals surface area (Å²) in [5.74, 6) is -0.853. The molecule has 0 N–H and O–H groups in total. The molecule has 0 fully saturated rings. The minimum atomic E-state index is -0.777. The van der Waals surface area contributed by atoms with E-state index in [-0.39, 0.29) is 31.1 Å². The van der Waals surface area contributed by atoms with Gasteiger partial charge in [0.2, 0.25) is 0 Å². The largest absolute Gasteiger partial charge is 0.462 e. The molecule has 0 amide bonds. The standard InChI is InChI=1S/C74H138O6/c1-4-7-10-13-16-19-22-25-28-30-32-34-35-36-37-38-40-41-43-46-49-52-55-58-61-64-67-73(76)79-70-71(69-78-72(75)66-63-60-57-54-51-48-45-27-24-21-18-15-12-9-6-3)80-74(77)68-65-62-59-56-53-50-47-44-42-39-33-31-29-26-23-20-17-14-11-8-5-2/h23,26,31,33,42,44,71H,4-22,24-25,27-30,32,34-41,43,45-70H2,1-3H3/b26-23-,33-31-,44-42-. The lowest BCUT2D eigenvalue weighted by Crippen LogP contribution is -2.30. The molecule has 0 radical (unpaired) electrons. The molecule has 6 nitrogen and oxygen atoms in total. The summed E-state index contributed by atoms with van der Waals surface area (Å²) in [6, 6.07) is 0. The number of rotatable bonds is 67. The summed E-state index contributed by atoms with van der Waals surface area (Å²) in [6.45, 7) is 6.70. The van der Waals surface area contributed by atoms with Gasteiger partial charge in [0.25, 0.3) is 0 Å². The van der Waals surface area contributed by atoms with Gasteiger partial charge in [-0.3, -0.25) is 14.4 Å². The topological polar surface area (TPSA) is 78.9 Å². The van der Waals surface area contributed by atoms with Crippen molar-refractivity contribution in [2.45, 2.75) is 406 Å². The van der Waals surface area contributed by atoms with Crippen molar-refractivity contribution in [1.82, 2.24) is 0 Å². The number of hydrogen-bond acceptors (Lipinski definition) is 6. The Bertz CT molecular complexity index is 1340. The molecule has 0 aromatic heterocycles. The van der Waals surface area contributed by atoms with Crippen LogP contribution in [0.25, 0.3) is 0 Å². The predicted molar refractivity (Wildman–Crippen MR) is 349 cm³/mol. The molecule has 1 atom stereocenters. The van der Waals surface area contributed by atoms with Crippen LogP contribution in [0.1, 0.15) is 400 Å². The number of carbonyl (C=O) groups excluding carboxylic acids is 3. The SMILES string of the molecule is CCCCCCC/C=C\C/C=C\C/C=C\CCCCCCCCC(=O)OC(COC(=O)CCCCCCCCCCCCCCCCC)COC(=O)CCCCCCCCCCCCCCCCCCCCCCCCCCCC. The Kier molecular flexibility index (Phi) is 67.1. The van der Waals surface area contributed by atoms with Crippen molar-refractivity contribution < 1.29 is 28.6 Å². The van der Waals surface area contributed by atoms with E-state index in [0.717, 1.165) is 77.0 Å². The first-order valence-corrected chi connectivity index (χ1v) is 36.0. The molecule has 6 heteroatoms. The molecule has 0 aliphatic heterocycles. The second kappa shape index (κ2) is 69.1. The second-order valence-corrected chi connectivity index (χ2v) is 24.5. The van der Waals surface area contributed by atoms with Gasteiger partial charge in [0.05, 0.1) is 0 Å². The highest BCUT2D eigenvalue weighted by Crippen LogP contribution is 2.19. The minimum absolute atomic E-state index is 0.0718. The molecule has 0 aliphatic carbocycles. The monoisotopic (exact) mass is 1120 g/mol. The van der Waals surface area contributed by atoms with Gasteiger partial charge in [0.1, 0.15) is 13.2 Å². The fourth-order valence-corrected chi connectivity index (χ4v) is 11.0. The van der Waals surface area contributed by atoms with Crippen molar-refractivity contribution in [3.8, 4) is 0 Å². The molecular formula is C74H138O6. The van der Waals surface area contributed by atoms with Gasteiger partial charge in [0.15, 0.2) is 6.10 Å². The number of esters is 3. The number of hydrogen-bond donors (Lipinski definition) is 0. The van der Waals surface area contributed by atoms with Gasteiger partial charge >= 0.3 is 17.9 Å². The summed E-state index contributed by atoms with van der Waals surface area (Å²) in [6.07, 6.45) is 86.0. The third-order valence-electron chi connectivity index (χ3n) is 16.4. The summed E-state index contributed by atoms with van der Waals surface area (Å²) in [4.78, 5) is 38.5. The van der Waals surface area contributed by atoms with Gasteiger partial charge in [-0.1, -0.05) is 359 Å². The molecule has 0 saturated carbocycles. The highest BCUT2D eigenvalue weighted by molar-refractivity contribution is 5.71. The Labute approximate surface area is 499 Å². The molecule has 0 saturated heterocycles. The third-order valence-corrected chi connectivity index (χ3v) is 16.4. The maximum Gasteiger partial charge on any atom is 0.306 e. The first-order valence-electron chi connectivity index (χ1n) is 36.0. The van der Waals surface area contributed by atoms with E-state index in [9.17, 15) is 14.4 Å². The van der Waals surface area contributed by atoms with Gasteiger partial charge in [-0.25, -0.2) is 0 Å². The molecule has 0 aromatic rings. The van der Waals surface area contributed by atoms with Gasteiger partial charge in [-0.05, 0) is 57.8 Å². The fraction of sp³-hybridized carbons (Fsp3) is 0.878. The van der Waals surface area contributed by atoms with E-state index in [1.54, 1.807) is 0 Å². The normalized spacial score (nSPS) is 12.2. The average molecular weight is 1120 g/mol. The highest BCUT2D eigenvalue weighted by atomic mass is 16.6. The Hall–Kier alpha value is -2.37. The van der Waals surface area contributed by atoms with E-state index in [2.05, 4.69) is 57.2 Å². The van der Waals surface area contributed by atoms with Crippen molar-refractivity contribution in [2.75, 3.05) is 13.2 Å². The number of unbranched alkanes of at least 4 members (excludes halogenated alkanes) is 50. The zero-order valence-electron chi connectivity index (χ0n) is 54.1. The van der Waals surface area contributed by atoms with E-state index in [1.807, 2.05) is 0 Å². The van der Waals surface area contributed by atoms with Gasteiger partial charge in [0, 0.05) is 19.3 Å². The zero-order valence-corrected chi connectivity index (χ0v) is 54.1. The van der Waals surface area contributed by atoms with Crippen LogP contribution >= 0.6 is 0 Å². The zero-order chi connectivity index (χ0) is 57.8. The van der Waals surface area contributed by atoms with Crippen LogP contribution in [-0.2, 0) is 28.6 Å². The first-order chi connectivity index (χ1) is 39.5. The number of allylic oxidation sites excluding steroid dienone is 6. The average Bonchev–Trinajstić information content (AvgIpc) is 3.46. The third kappa shape index (κ3) is 66.4. The van der Waals surface area contributed by atoms with Crippen molar-refractivity contribution in [3.63, 3.8) is 0 Å². The van der Waals surface area contributed by atoms with E-state index in [0.29, 0.717) is 19.3 Å². The minimum Gasteiger partial charge on any atom is -0.462 e. The molecule has 0 spiro atoms. The second-order valence-electron chi connectivity index (χ2n) is 24.5. The Morgan fingerprint density at radius 3 is 0.700 bits per heavy atom. The lowest BCUT2D eigenvalue weighted by Gasteiger charge is -2.18. The summed E-state index contributed by atoms with van der Waals surface area (Å²) < 4.78 is 17.0. The van der Waals surface area contributed by atoms with Crippen LogP contribution in [-0.4, -0.2) is 37.2 Å². The molecule has 0 aliphatic rings. The van der Waals surface area contributed by atoms with Crippen molar-refractivity contribution >= 4 is 17.9 Å². The van der Waals surface area contributed by atoms with Gasteiger partial charge in [-0.15, -0.1) is 0 Å². The van der Waals surface area contributed by atoms with Crippen LogP contribution < -0.4 is 0 Å². The lowest BCUT2D eigenvalue weighted by atomic mass is 10.0. The summed E-state index contributed by atoms with van der Waals surface area (Å²) in [7, 11) is 0. The Morgan fingerprint density at radius 2 is 0.450 bits per heavy atom. The summed E-state index contributed by atoms with van der Waals surface area (Å²) >= 11 is 0. The Morgan fingerprint density at radius 1 is 0.250 bits per heavy atom. The molecule has 0 heterocycles. The maximum atomic E-state index is 13.0. The van der Waals surface area contributed by atoms with Gasteiger partial charge in [-0.2, -0.15) is 0 Å². The maximum absolute atomic E-state index is 13.0. The van der Waals surface area contributed by atoms with Crippen LogP contribution in [0, 0.1) is 0 Å². The summed E-state index contributed by atoms with van der Waals surface area (Å²) in [5, 5.41) is 0. The lowest BCUT2D eigenvalue weighted by molar-refractivity contribution is -0.167. The van der Waals surface area contributed by atoms with E-state index < -0.39 is 6.10 Å². The predicted octanol–water partition coefficient (Wildman–Crippen LogP) is 24.7. The van der Waals surface area contributed by atoms with Crippen molar-refractivity contribution in [2.24, 2.45) is 0 Å². The van der Waals surface area contributed by atoms with Gasteiger partial charge < -0.3 is 14.2 Å². The highest BCUT2D eigenvalue weighted by Gasteiger charge is 2.19. The first kappa shape index (κ1) is 77.6. The summed E-state index contributed by atoms with van der Waals surface area (Å²) in [5.41, 5.74) is 0. The quantitative estimate of drug-likeness (QED) is 0.0261.